The van der Waals surface area contributed by atoms with E-state index in [1.807, 2.05) is 12.1 Å². The quantitative estimate of drug-likeness (QED) is 0.00944. The smallest absolute Gasteiger partial charge is 0.341 e. The number of rotatable bonds is 30. The highest BCUT2D eigenvalue weighted by Crippen LogP contribution is 2.50. The van der Waals surface area contributed by atoms with Crippen molar-refractivity contribution in [1.82, 2.24) is 10.8 Å². The number of hydroxylamine groups is 1. The first-order valence-electron chi connectivity index (χ1n) is 30.0. The van der Waals surface area contributed by atoms with Gasteiger partial charge in [-0.2, -0.15) is 0 Å². The number of fused-ring (bicyclic) bond motifs is 2. The lowest BCUT2D eigenvalue weighted by Gasteiger charge is -2.25. The molecule has 2 aliphatic carbocycles. The van der Waals surface area contributed by atoms with Crippen LogP contribution in [0.4, 0.5) is 28.9 Å². The Balaban J connectivity index is 0.000000219. The molecule has 2 saturated carbocycles. The summed E-state index contributed by atoms with van der Waals surface area (Å²) in [5.74, 6) is -3.75. The van der Waals surface area contributed by atoms with Gasteiger partial charge in [0, 0.05) is 47.5 Å². The minimum absolute atomic E-state index is 0.00787. The molecule has 10 rings (SSSR count). The summed E-state index contributed by atoms with van der Waals surface area (Å²) >= 11 is 0. The first-order valence-corrected chi connectivity index (χ1v) is 33.7. The first-order chi connectivity index (χ1) is 44.5. The van der Waals surface area contributed by atoms with E-state index in [9.17, 15) is 53.6 Å². The van der Waals surface area contributed by atoms with Gasteiger partial charge in [-0.15, -0.1) is 0 Å². The molecular weight excluding hydrogens is 1260 g/mol. The van der Waals surface area contributed by atoms with Crippen LogP contribution in [-0.4, -0.2) is 125 Å². The molecule has 0 spiro atoms. The van der Waals surface area contributed by atoms with Crippen LogP contribution < -0.4 is 19.4 Å². The number of carbonyl (C=O) groups is 4. The highest BCUT2D eigenvalue weighted by molar-refractivity contribution is 7.92. The second-order valence-corrected chi connectivity index (χ2v) is 25.9. The lowest BCUT2D eigenvalue weighted by atomic mass is 9.97. The van der Waals surface area contributed by atoms with Crippen molar-refractivity contribution >= 4 is 76.9 Å². The summed E-state index contributed by atoms with van der Waals surface area (Å²) in [7, 11) is -6.01. The highest BCUT2D eigenvalue weighted by atomic mass is 32.2. The number of hydrogen-bond donors (Lipinski definition) is 3. The Morgan fingerprint density at radius 2 is 0.989 bits per heavy atom. The van der Waals surface area contributed by atoms with Crippen molar-refractivity contribution < 1.29 is 91.3 Å². The van der Waals surface area contributed by atoms with Gasteiger partial charge in [-0.1, -0.05) is 19.1 Å². The molecule has 0 saturated heterocycles. The van der Waals surface area contributed by atoms with Crippen LogP contribution in [0.15, 0.2) is 118 Å². The summed E-state index contributed by atoms with van der Waals surface area (Å²) in [6, 6.07) is 26.1. The molecule has 0 bridgehead atoms. The molecule has 2 aromatic heterocycles. The fourth-order valence-corrected chi connectivity index (χ4v) is 12.4. The van der Waals surface area contributed by atoms with E-state index >= 15 is 0 Å². The van der Waals surface area contributed by atoms with Gasteiger partial charge in [0.05, 0.1) is 119 Å². The van der Waals surface area contributed by atoms with Crippen molar-refractivity contribution in [3.63, 3.8) is 0 Å². The van der Waals surface area contributed by atoms with Gasteiger partial charge in [-0.25, -0.2) is 44.7 Å². The summed E-state index contributed by atoms with van der Waals surface area (Å²) in [6.45, 7) is 4.42. The molecule has 2 heterocycles. The van der Waals surface area contributed by atoms with Crippen LogP contribution in [0.5, 0.6) is 0 Å². The zero-order valence-electron chi connectivity index (χ0n) is 51.7. The molecule has 2 amide bonds. The second-order valence-electron chi connectivity index (χ2n) is 22.1. The number of carbonyl (C=O) groups excluding carboxylic acids is 4. The van der Waals surface area contributed by atoms with Crippen LogP contribution in [0, 0.1) is 23.3 Å². The standard InChI is InChI=1S/C34H36F2N2O8S.C33H34F2N2O8S/c1-4-45-34(40)26-17-21(5-12-28(26)36)20-44-16-15-43-14-13-38(47(3,41)42)29-19-30-27(18-25(29)22-6-7-22)31(33(39)37-2)32(46-30)23-8-10-24(35)11-9-23;1-3-29(38)31-26-17-24(21-5-6-21)28(18-30(26)45-32(31)22-7-9-23(34)10-8-22)37(46(2,41)42)12-13-43-14-15-44-19-20-4-11-27(35)25(16-20)33(39)36-40/h5,8-12,17-19,22H,4,6-7,13-16,20H2,1-3H3,(H,37,39);4,7-11,16-18,21,40H,3,5-6,12-15,19H2,1-2H3,(H,36,39). The van der Waals surface area contributed by atoms with Gasteiger partial charge in [-0.05, 0) is 152 Å². The minimum atomic E-state index is -3.76. The number of furan rings is 2. The normalized spacial score (nSPS) is 13.2. The van der Waals surface area contributed by atoms with Crippen molar-refractivity contribution in [2.45, 2.75) is 71.0 Å². The van der Waals surface area contributed by atoms with Gasteiger partial charge >= 0.3 is 5.97 Å². The Kier molecular flexibility index (Phi) is 22.6. The van der Waals surface area contributed by atoms with Crippen molar-refractivity contribution in [3.8, 4) is 22.6 Å². The number of halogens is 4. The molecule has 0 unspecified atom stereocenters. The molecule has 2 fully saturated rings. The molecule has 494 valence electrons. The number of nitrogens with one attached hydrogen (secondary N) is 2. The van der Waals surface area contributed by atoms with Gasteiger partial charge in [0.1, 0.15) is 46.0 Å². The maximum atomic E-state index is 14.0. The summed E-state index contributed by atoms with van der Waals surface area (Å²) in [6.07, 6.45) is 5.96. The average Bonchev–Trinajstić information content (AvgIpc) is 1.60. The van der Waals surface area contributed by atoms with Crippen LogP contribution in [0.2, 0.25) is 0 Å². The average molecular weight is 1330 g/mol. The SMILES string of the molecule is CCC(=O)c1c(-c2ccc(F)cc2)oc2cc(N(CCOCCOCc3ccc(F)c(C(=O)NO)c3)S(C)(=O)=O)c(C3CC3)cc12.CCOC(=O)c1cc(COCCOCCN(c2cc3oc(-c4ccc(F)cc4)c(C(=O)NC)c3cc2C2CC2)S(C)(=O)=O)ccc1F. The third kappa shape index (κ3) is 17.0. The molecule has 6 aromatic carbocycles. The zero-order valence-corrected chi connectivity index (χ0v) is 53.3. The van der Waals surface area contributed by atoms with E-state index in [4.69, 9.17) is 37.7 Å². The van der Waals surface area contributed by atoms with Crippen LogP contribution in [0.3, 0.4) is 0 Å². The summed E-state index contributed by atoms with van der Waals surface area (Å²) < 4.78 is 150. The van der Waals surface area contributed by atoms with Gasteiger partial charge in [0.2, 0.25) is 20.0 Å². The Hall–Kier alpha value is -8.50. The molecule has 3 N–H and O–H groups in total. The van der Waals surface area contributed by atoms with Crippen LogP contribution in [0.25, 0.3) is 44.6 Å². The van der Waals surface area contributed by atoms with E-state index in [2.05, 4.69) is 5.32 Å². The predicted octanol–water partition coefficient (Wildman–Crippen LogP) is 11.8. The topological polar surface area (TPSA) is 260 Å². The molecule has 0 atom stereocenters. The van der Waals surface area contributed by atoms with E-state index in [-0.39, 0.29) is 125 Å². The highest BCUT2D eigenvalue weighted by Gasteiger charge is 2.35. The summed E-state index contributed by atoms with van der Waals surface area (Å²) in [5.41, 5.74) is 6.86. The number of anilines is 2. The Bertz CT molecular complexity index is 4270. The zero-order chi connectivity index (χ0) is 66.7. The van der Waals surface area contributed by atoms with Crippen molar-refractivity contribution in [3.05, 3.63) is 177 Å². The minimum Gasteiger partial charge on any atom is -0.462 e. The number of Topliss-reactive ketones (excluding diaryl/α,β-unsaturated/α-hetero) is 1. The number of ether oxygens (including phenoxy) is 5. The Labute approximate surface area is 534 Å². The lowest BCUT2D eigenvalue weighted by molar-refractivity contribution is 0.0433. The number of nitrogens with zero attached hydrogens (tertiary/aromatic N) is 2. The number of sulfonamides is 2. The maximum Gasteiger partial charge on any atom is 0.341 e. The third-order valence-corrected chi connectivity index (χ3v) is 17.7. The Morgan fingerprint density at radius 1 is 0.559 bits per heavy atom. The van der Waals surface area contributed by atoms with Crippen LogP contribution in [0.1, 0.15) is 121 Å². The van der Waals surface area contributed by atoms with Crippen LogP contribution in [-0.2, 0) is 56.9 Å². The van der Waals surface area contributed by atoms with Crippen LogP contribution >= 0.6 is 0 Å². The number of benzene rings is 6. The monoisotopic (exact) mass is 1330 g/mol. The number of ketones is 1. The fourth-order valence-electron chi connectivity index (χ4n) is 10.6. The summed E-state index contributed by atoms with van der Waals surface area (Å²) in [5, 5.41) is 12.5. The second kappa shape index (κ2) is 30.5. The number of amides is 2. The van der Waals surface area contributed by atoms with E-state index in [0.717, 1.165) is 55.4 Å². The van der Waals surface area contributed by atoms with E-state index in [0.29, 0.717) is 66.9 Å². The molecule has 2 aliphatic rings. The summed E-state index contributed by atoms with van der Waals surface area (Å²) in [4.78, 5) is 49.7. The molecule has 0 aliphatic heterocycles. The predicted molar refractivity (Wildman–Crippen MR) is 339 cm³/mol. The van der Waals surface area contributed by atoms with Gasteiger partial charge in [0.15, 0.2) is 5.78 Å². The fraction of sp³-hybridized carbons (Fsp3) is 0.343. The maximum absolute atomic E-state index is 14.0. The van der Waals surface area contributed by atoms with Crippen molar-refractivity contribution in [2.24, 2.45) is 0 Å². The van der Waals surface area contributed by atoms with Gasteiger partial charge in [-0.3, -0.25) is 28.2 Å². The Morgan fingerprint density at radius 3 is 1.41 bits per heavy atom. The van der Waals surface area contributed by atoms with E-state index in [1.54, 1.807) is 38.1 Å². The molecule has 0 radical (unpaired) electrons. The number of esters is 1. The lowest BCUT2D eigenvalue weighted by Crippen LogP contribution is -2.34. The molecule has 8 aromatic rings. The molecule has 26 heteroatoms. The molecule has 93 heavy (non-hydrogen) atoms. The van der Waals surface area contributed by atoms with Gasteiger partial charge < -0.3 is 37.8 Å². The molecule has 20 nitrogen and oxygen atoms in total. The van der Waals surface area contributed by atoms with Crippen molar-refractivity contribution in [1.29, 1.82) is 0 Å². The van der Waals surface area contributed by atoms with Gasteiger partial charge in [0.25, 0.3) is 11.8 Å². The molecular formula is C67H70F4N4O16S2. The number of hydrogen-bond acceptors (Lipinski definition) is 16. The third-order valence-electron chi connectivity index (χ3n) is 15.4. The van der Waals surface area contributed by atoms with E-state index in [1.165, 1.54) is 87.9 Å². The largest absolute Gasteiger partial charge is 0.462 e. The van der Waals surface area contributed by atoms with E-state index < -0.39 is 55.2 Å². The van der Waals surface area contributed by atoms with Crippen molar-refractivity contribution in [2.75, 3.05) is 87.5 Å². The first kappa shape index (κ1) is 68.9.